The van der Waals surface area contributed by atoms with Gasteiger partial charge in [-0.3, -0.25) is 0 Å². The van der Waals surface area contributed by atoms with E-state index >= 15 is 0 Å². The van der Waals surface area contributed by atoms with E-state index in [1.165, 1.54) is 24.8 Å². The third-order valence-electron chi connectivity index (χ3n) is 5.64. The van der Waals surface area contributed by atoms with Crippen LogP contribution < -0.4 is 0 Å². The molecule has 1 aromatic rings. The van der Waals surface area contributed by atoms with Crippen LogP contribution in [-0.4, -0.2) is 11.6 Å². The highest BCUT2D eigenvalue weighted by molar-refractivity contribution is 5.90. The largest absolute Gasteiger partial charge is 0.455 e. The topological polar surface area (TPSA) is 26.3 Å². The van der Waals surface area contributed by atoms with Crippen LogP contribution in [0, 0.1) is 5.41 Å². The van der Waals surface area contributed by atoms with Crippen LogP contribution in [0.2, 0.25) is 0 Å². The Hall–Kier alpha value is -1.31. The summed E-state index contributed by atoms with van der Waals surface area (Å²) in [5, 5.41) is 0. The lowest BCUT2D eigenvalue weighted by atomic mass is 9.77. The van der Waals surface area contributed by atoms with Crippen molar-refractivity contribution in [2.45, 2.75) is 84.7 Å². The molecule has 0 heterocycles. The molecule has 1 saturated carbocycles. The molecule has 128 valence electrons. The molecule has 0 amide bonds. The van der Waals surface area contributed by atoms with E-state index < -0.39 is 0 Å². The van der Waals surface area contributed by atoms with E-state index in [9.17, 15) is 4.79 Å². The fourth-order valence-corrected chi connectivity index (χ4v) is 3.41. The van der Waals surface area contributed by atoms with E-state index in [-0.39, 0.29) is 17.0 Å². The summed E-state index contributed by atoms with van der Waals surface area (Å²) < 4.78 is 6.00. The van der Waals surface area contributed by atoms with Gasteiger partial charge in [0, 0.05) is 0 Å². The highest BCUT2D eigenvalue weighted by atomic mass is 16.6. The van der Waals surface area contributed by atoms with Crippen molar-refractivity contribution in [3.05, 3.63) is 35.4 Å². The van der Waals surface area contributed by atoms with Gasteiger partial charge in [-0.2, -0.15) is 0 Å². The molecule has 0 radical (unpaired) electrons. The molecule has 0 N–H and O–H groups in total. The molecule has 0 aromatic heterocycles. The first-order chi connectivity index (χ1) is 10.8. The van der Waals surface area contributed by atoms with Gasteiger partial charge in [0.25, 0.3) is 0 Å². The molecule has 0 aliphatic heterocycles. The zero-order valence-corrected chi connectivity index (χ0v) is 15.4. The van der Waals surface area contributed by atoms with Crippen molar-refractivity contribution >= 4 is 5.97 Å². The SMILES string of the molecule is CCC1(OC(=O)c2cccc(C(C)C(C)(C)C)c2)CCCCC1. The third kappa shape index (κ3) is 4.37. The Morgan fingerprint density at radius 3 is 2.43 bits per heavy atom. The van der Waals surface area contributed by atoms with Crippen LogP contribution in [0.5, 0.6) is 0 Å². The van der Waals surface area contributed by atoms with E-state index in [1.807, 2.05) is 18.2 Å². The Labute approximate surface area is 141 Å². The van der Waals surface area contributed by atoms with Gasteiger partial charge in [-0.1, -0.05) is 53.2 Å². The van der Waals surface area contributed by atoms with Gasteiger partial charge in [0.15, 0.2) is 0 Å². The summed E-state index contributed by atoms with van der Waals surface area (Å²) in [6.45, 7) is 11.1. The summed E-state index contributed by atoms with van der Waals surface area (Å²) in [6.07, 6.45) is 6.53. The van der Waals surface area contributed by atoms with E-state index in [1.54, 1.807) is 0 Å². The van der Waals surface area contributed by atoms with Crippen molar-refractivity contribution in [2.75, 3.05) is 0 Å². The summed E-state index contributed by atoms with van der Waals surface area (Å²) in [7, 11) is 0. The Morgan fingerprint density at radius 1 is 1.22 bits per heavy atom. The maximum atomic E-state index is 12.7. The Bertz CT molecular complexity index is 533. The molecule has 0 spiro atoms. The van der Waals surface area contributed by atoms with Crippen LogP contribution in [0.25, 0.3) is 0 Å². The second kappa shape index (κ2) is 7.07. The predicted octanol–water partition coefficient (Wildman–Crippen LogP) is 6.11. The smallest absolute Gasteiger partial charge is 0.338 e. The van der Waals surface area contributed by atoms with Crippen molar-refractivity contribution in [1.82, 2.24) is 0 Å². The van der Waals surface area contributed by atoms with Crippen LogP contribution in [0.3, 0.4) is 0 Å². The molecular weight excluding hydrogens is 284 g/mol. The van der Waals surface area contributed by atoms with Crippen molar-refractivity contribution in [3.8, 4) is 0 Å². The highest BCUT2D eigenvalue weighted by Gasteiger charge is 2.34. The molecule has 2 nitrogen and oxygen atoms in total. The minimum absolute atomic E-state index is 0.156. The maximum absolute atomic E-state index is 12.7. The molecule has 1 unspecified atom stereocenters. The lowest BCUT2D eigenvalue weighted by Crippen LogP contribution is -2.36. The molecule has 0 bridgehead atoms. The molecule has 1 aromatic carbocycles. The zero-order chi connectivity index (χ0) is 17.1. The minimum atomic E-state index is -0.235. The van der Waals surface area contributed by atoms with Crippen LogP contribution >= 0.6 is 0 Å². The van der Waals surface area contributed by atoms with Crippen LogP contribution in [0.15, 0.2) is 24.3 Å². The number of carbonyl (C=O) groups excluding carboxylic acids is 1. The molecule has 1 aliphatic rings. The van der Waals surface area contributed by atoms with Crippen LogP contribution in [0.4, 0.5) is 0 Å². The number of esters is 1. The van der Waals surface area contributed by atoms with Gasteiger partial charge in [-0.15, -0.1) is 0 Å². The van der Waals surface area contributed by atoms with E-state index in [0.717, 1.165) is 19.3 Å². The fraction of sp³-hybridized carbons (Fsp3) is 0.667. The van der Waals surface area contributed by atoms with Gasteiger partial charge in [-0.05, 0) is 61.1 Å². The second-order valence-corrected chi connectivity index (χ2v) is 8.20. The molecule has 1 aliphatic carbocycles. The lowest BCUT2D eigenvalue weighted by Gasteiger charge is -2.36. The van der Waals surface area contributed by atoms with Gasteiger partial charge in [0.05, 0.1) is 5.56 Å². The zero-order valence-electron chi connectivity index (χ0n) is 15.4. The molecule has 0 saturated heterocycles. The summed E-state index contributed by atoms with van der Waals surface area (Å²) in [5.41, 5.74) is 1.84. The molecule has 2 heteroatoms. The number of rotatable bonds is 4. The summed E-state index contributed by atoms with van der Waals surface area (Å²) in [4.78, 5) is 12.7. The third-order valence-corrected chi connectivity index (χ3v) is 5.64. The van der Waals surface area contributed by atoms with E-state index in [2.05, 4.69) is 40.7 Å². The average molecular weight is 316 g/mol. The van der Waals surface area contributed by atoms with Crippen molar-refractivity contribution in [1.29, 1.82) is 0 Å². The number of ether oxygens (including phenoxy) is 1. The van der Waals surface area contributed by atoms with Gasteiger partial charge >= 0.3 is 5.97 Å². The quantitative estimate of drug-likeness (QED) is 0.627. The highest BCUT2D eigenvalue weighted by Crippen LogP contribution is 2.36. The number of hydrogen-bond acceptors (Lipinski definition) is 2. The predicted molar refractivity (Wildman–Crippen MR) is 95.8 cm³/mol. The lowest BCUT2D eigenvalue weighted by molar-refractivity contribution is -0.0397. The standard InChI is InChI=1S/C21H32O2/c1-6-21(13-8-7-9-14-21)23-19(22)18-12-10-11-17(15-18)16(2)20(3,4)5/h10-12,15-16H,6-9,13-14H2,1-5H3. The normalized spacial score (nSPS) is 19.2. The molecule has 23 heavy (non-hydrogen) atoms. The maximum Gasteiger partial charge on any atom is 0.338 e. The van der Waals surface area contributed by atoms with Gasteiger partial charge < -0.3 is 4.74 Å². The van der Waals surface area contributed by atoms with Crippen LogP contribution in [0.1, 0.15) is 95.0 Å². The van der Waals surface area contributed by atoms with Gasteiger partial charge in [-0.25, -0.2) is 4.79 Å². The summed E-state index contributed by atoms with van der Waals surface area (Å²) >= 11 is 0. The van der Waals surface area contributed by atoms with E-state index in [0.29, 0.717) is 11.5 Å². The van der Waals surface area contributed by atoms with Gasteiger partial charge in [0.1, 0.15) is 5.60 Å². The minimum Gasteiger partial charge on any atom is -0.455 e. The number of benzene rings is 1. The average Bonchev–Trinajstić information content (AvgIpc) is 2.54. The van der Waals surface area contributed by atoms with Crippen LogP contribution in [-0.2, 0) is 4.74 Å². The Balaban J connectivity index is 2.16. The van der Waals surface area contributed by atoms with Crippen molar-refractivity contribution < 1.29 is 9.53 Å². The first kappa shape index (κ1) is 18.0. The molecule has 1 atom stereocenters. The van der Waals surface area contributed by atoms with E-state index in [4.69, 9.17) is 4.74 Å². The van der Waals surface area contributed by atoms with Crippen molar-refractivity contribution in [2.24, 2.45) is 5.41 Å². The first-order valence-corrected chi connectivity index (χ1v) is 9.11. The molecule has 2 rings (SSSR count). The number of hydrogen-bond donors (Lipinski definition) is 0. The number of carbonyl (C=O) groups is 1. The van der Waals surface area contributed by atoms with Crippen molar-refractivity contribution in [3.63, 3.8) is 0 Å². The summed E-state index contributed by atoms with van der Waals surface area (Å²) in [5.74, 6) is 0.238. The fourth-order valence-electron chi connectivity index (χ4n) is 3.41. The van der Waals surface area contributed by atoms with Gasteiger partial charge in [0.2, 0.25) is 0 Å². The first-order valence-electron chi connectivity index (χ1n) is 9.11. The summed E-state index contributed by atoms with van der Waals surface area (Å²) in [6, 6.07) is 7.99. The molecular formula is C21H32O2. The second-order valence-electron chi connectivity index (χ2n) is 8.20. The molecule has 1 fully saturated rings. The Morgan fingerprint density at radius 2 is 1.87 bits per heavy atom. The Kier molecular flexibility index (Phi) is 5.54. The monoisotopic (exact) mass is 316 g/mol.